The van der Waals surface area contributed by atoms with Crippen LogP contribution in [0.15, 0.2) is 36.9 Å². The smallest absolute Gasteiger partial charge is 0.225 e. The van der Waals surface area contributed by atoms with Crippen molar-refractivity contribution in [1.82, 2.24) is 25.0 Å². The summed E-state index contributed by atoms with van der Waals surface area (Å²) < 4.78 is 1.75. The fraction of sp³-hybridized carbons (Fsp3) is 0.444. The maximum atomic E-state index is 12.4. The molecule has 1 fully saturated rings. The van der Waals surface area contributed by atoms with Crippen LogP contribution in [0.2, 0.25) is 0 Å². The second-order valence-corrected chi connectivity index (χ2v) is 6.62. The van der Waals surface area contributed by atoms with Gasteiger partial charge in [-0.2, -0.15) is 5.10 Å². The van der Waals surface area contributed by atoms with E-state index in [-0.39, 0.29) is 23.8 Å². The lowest BCUT2D eigenvalue weighted by Gasteiger charge is -2.20. The van der Waals surface area contributed by atoms with Crippen molar-refractivity contribution in [1.29, 1.82) is 0 Å². The Kier molecular flexibility index (Phi) is 5.11. The Morgan fingerprint density at radius 1 is 1.32 bits per heavy atom. The predicted octanol–water partition coefficient (Wildman–Crippen LogP) is 1.20. The summed E-state index contributed by atoms with van der Waals surface area (Å²) in [5.41, 5.74) is 2.12. The van der Waals surface area contributed by atoms with Gasteiger partial charge >= 0.3 is 0 Å². The van der Waals surface area contributed by atoms with Gasteiger partial charge in [0.15, 0.2) is 0 Å². The van der Waals surface area contributed by atoms with Crippen LogP contribution in [0.3, 0.4) is 0 Å². The zero-order valence-corrected chi connectivity index (χ0v) is 14.6. The molecule has 1 aromatic carbocycles. The number of likely N-dealkylation sites (tertiary alicyclic amines) is 1. The number of nitrogens with zero attached hydrogens (tertiary/aromatic N) is 4. The SMILES string of the molecule is CC(C)N1CC(C(=O)NCc2ccccc2Cn2cncn2)CC1=O. The van der Waals surface area contributed by atoms with Gasteiger partial charge in [-0.25, -0.2) is 9.67 Å². The van der Waals surface area contributed by atoms with Gasteiger partial charge in [0.25, 0.3) is 0 Å². The molecule has 7 nitrogen and oxygen atoms in total. The van der Waals surface area contributed by atoms with Crippen molar-refractivity contribution in [3.63, 3.8) is 0 Å². The predicted molar refractivity (Wildman–Crippen MR) is 92.4 cm³/mol. The molecule has 1 N–H and O–H groups in total. The molecule has 1 aromatic heterocycles. The third kappa shape index (κ3) is 4.04. The summed E-state index contributed by atoms with van der Waals surface area (Å²) >= 11 is 0. The minimum atomic E-state index is -0.266. The minimum Gasteiger partial charge on any atom is -0.352 e. The van der Waals surface area contributed by atoms with E-state index < -0.39 is 0 Å². The van der Waals surface area contributed by atoms with Crippen LogP contribution in [0, 0.1) is 5.92 Å². The van der Waals surface area contributed by atoms with Gasteiger partial charge in [0.1, 0.15) is 12.7 Å². The lowest BCUT2D eigenvalue weighted by atomic mass is 10.1. The molecule has 1 aliphatic rings. The lowest BCUT2D eigenvalue weighted by Crippen LogP contribution is -2.35. The zero-order valence-electron chi connectivity index (χ0n) is 14.6. The highest BCUT2D eigenvalue weighted by Crippen LogP contribution is 2.20. The Bertz CT molecular complexity index is 742. The Labute approximate surface area is 147 Å². The van der Waals surface area contributed by atoms with Gasteiger partial charge in [-0.3, -0.25) is 9.59 Å². The molecule has 2 heterocycles. The molecular formula is C18H23N5O2. The first-order valence-corrected chi connectivity index (χ1v) is 8.51. The molecule has 1 aliphatic heterocycles. The summed E-state index contributed by atoms with van der Waals surface area (Å²) in [5, 5.41) is 7.10. The highest BCUT2D eigenvalue weighted by molar-refractivity contribution is 5.89. The number of benzene rings is 1. The molecule has 2 amide bonds. The minimum absolute atomic E-state index is 0.0572. The highest BCUT2D eigenvalue weighted by Gasteiger charge is 2.35. The van der Waals surface area contributed by atoms with Crippen LogP contribution in [-0.4, -0.2) is 44.1 Å². The second kappa shape index (κ2) is 7.46. The molecule has 0 spiro atoms. The molecule has 1 atom stereocenters. The van der Waals surface area contributed by atoms with Crippen LogP contribution in [0.25, 0.3) is 0 Å². The number of carbonyl (C=O) groups is 2. The quantitative estimate of drug-likeness (QED) is 0.856. The van der Waals surface area contributed by atoms with Crippen LogP contribution in [0.4, 0.5) is 0 Å². The third-order valence-corrected chi connectivity index (χ3v) is 4.52. The maximum absolute atomic E-state index is 12.4. The number of amides is 2. The number of nitrogens with one attached hydrogen (secondary N) is 1. The number of rotatable bonds is 6. The molecule has 0 saturated carbocycles. The molecule has 0 aliphatic carbocycles. The molecular weight excluding hydrogens is 318 g/mol. The van der Waals surface area contributed by atoms with Gasteiger partial charge in [0.05, 0.1) is 12.5 Å². The topological polar surface area (TPSA) is 80.1 Å². The number of aromatic nitrogens is 3. The third-order valence-electron chi connectivity index (χ3n) is 4.52. The van der Waals surface area contributed by atoms with E-state index in [2.05, 4.69) is 15.4 Å². The van der Waals surface area contributed by atoms with Gasteiger partial charge in [-0.05, 0) is 25.0 Å². The number of hydrogen-bond acceptors (Lipinski definition) is 4. The van der Waals surface area contributed by atoms with Crippen molar-refractivity contribution < 1.29 is 9.59 Å². The van der Waals surface area contributed by atoms with E-state index >= 15 is 0 Å². The van der Waals surface area contributed by atoms with E-state index in [1.165, 1.54) is 6.33 Å². The average Bonchev–Trinajstić information content (AvgIpc) is 3.23. The highest BCUT2D eigenvalue weighted by atomic mass is 16.2. The van der Waals surface area contributed by atoms with Crippen LogP contribution in [-0.2, 0) is 22.7 Å². The number of carbonyl (C=O) groups excluding carboxylic acids is 2. The van der Waals surface area contributed by atoms with Crippen molar-refractivity contribution in [3.05, 3.63) is 48.0 Å². The average molecular weight is 341 g/mol. The fourth-order valence-electron chi connectivity index (χ4n) is 3.11. The molecule has 3 rings (SSSR count). The van der Waals surface area contributed by atoms with Crippen molar-refractivity contribution >= 4 is 11.8 Å². The van der Waals surface area contributed by atoms with Crippen LogP contribution in [0.1, 0.15) is 31.4 Å². The largest absolute Gasteiger partial charge is 0.352 e. The molecule has 1 saturated heterocycles. The van der Waals surface area contributed by atoms with E-state index in [9.17, 15) is 9.59 Å². The first-order valence-electron chi connectivity index (χ1n) is 8.51. The van der Waals surface area contributed by atoms with Crippen molar-refractivity contribution in [2.24, 2.45) is 5.92 Å². The summed E-state index contributed by atoms with van der Waals surface area (Å²) in [6.07, 6.45) is 3.46. The van der Waals surface area contributed by atoms with Crippen molar-refractivity contribution in [2.75, 3.05) is 6.54 Å². The Balaban J connectivity index is 1.60. The second-order valence-electron chi connectivity index (χ2n) is 6.62. The molecule has 2 aromatic rings. The monoisotopic (exact) mass is 341 g/mol. The van der Waals surface area contributed by atoms with Gasteiger partial charge < -0.3 is 10.2 Å². The van der Waals surface area contributed by atoms with Crippen LogP contribution in [0.5, 0.6) is 0 Å². The van der Waals surface area contributed by atoms with Crippen molar-refractivity contribution in [3.8, 4) is 0 Å². The Morgan fingerprint density at radius 3 is 2.72 bits per heavy atom. The normalized spacial score (nSPS) is 17.3. The van der Waals surface area contributed by atoms with Gasteiger partial charge in [-0.1, -0.05) is 24.3 Å². The summed E-state index contributed by atoms with van der Waals surface area (Å²) in [6, 6.07) is 8.06. The summed E-state index contributed by atoms with van der Waals surface area (Å²) in [6.45, 7) is 5.49. The Morgan fingerprint density at radius 2 is 2.08 bits per heavy atom. The van der Waals surface area contributed by atoms with Gasteiger partial charge in [0.2, 0.25) is 11.8 Å². The number of hydrogen-bond donors (Lipinski definition) is 1. The van der Waals surface area contributed by atoms with Gasteiger partial charge in [0, 0.05) is 25.6 Å². The van der Waals surface area contributed by atoms with E-state index in [0.717, 1.165) is 11.1 Å². The molecule has 0 radical (unpaired) electrons. The fourth-order valence-corrected chi connectivity index (χ4v) is 3.11. The molecule has 132 valence electrons. The van der Waals surface area contributed by atoms with Crippen molar-refractivity contribution in [2.45, 2.75) is 39.4 Å². The summed E-state index contributed by atoms with van der Waals surface area (Å²) in [4.78, 5) is 30.1. The van der Waals surface area contributed by atoms with E-state index in [4.69, 9.17) is 0 Å². The van der Waals surface area contributed by atoms with E-state index in [0.29, 0.717) is 26.1 Å². The molecule has 0 bridgehead atoms. The standard InChI is InChI=1S/C18H23N5O2/c1-13(2)23-10-16(7-17(23)24)18(25)20-8-14-5-3-4-6-15(14)9-22-12-19-11-21-22/h3-6,11-13,16H,7-10H2,1-2H3,(H,20,25). The molecule has 1 unspecified atom stereocenters. The first kappa shape index (κ1) is 17.1. The van der Waals surface area contributed by atoms with Crippen LogP contribution < -0.4 is 5.32 Å². The summed E-state index contributed by atoms with van der Waals surface area (Å²) in [7, 11) is 0. The van der Waals surface area contributed by atoms with E-state index in [1.807, 2.05) is 38.1 Å². The maximum Gasteiger partial charge on any atom is 0.225 e. The lowest BCUT2D eigenvalue weighted by molar-refractivity contribution is -0.130. The molecule has 7 heteroatoms. The van der Waals surface area contributed by atoms with Gasteiger partial charge in [-0.15, -0.1) is 0 Å². The van der Waals surface area contributed by atoms with Crippen LogP contribution >= 0.6 is 0 Å². The first-order chi connectivity index (χ1) is 12.0. The molecule has 25 heavy (non-hydrogen) atoms. The van der Waals surface area contributed by atoms with E-state index in [1.54, 1.807) is 15.9 Å². The summed E-state index contributed by atoms with van der Waals surface area (Å²) in [5.74, 6) is -0.272. The Hall–Kier alpha value is -2.70. The zero-order chi connectivity index (χ0) is 17.8.